The molecule has 0 fully saturated rings. The molecule has 5 heteroatoms. The number of amides is 1. The average Bonchev–Trinajstić information content (AvgIpc) is 2.43. The third kappa shape index (κ3) is 2.89. The molecule has 0 saturated carbocycles. The first kappa shape index (κ1) is 12.2. The molecular weight excluding hydrogens is 228 g/mol. The van der Waals surface area contributed by atoms with E-state index in [9.17, 15) is 4.79 Å². The van der Waals surface area contributed by atoms with E-state index in [4.69, 9.17) is 5.73 Å². The molecule has 5 nitrogen and oxygen atoms in total. The van der Waals surface area contributed by atoms with Gasteiger partial charge in [0.15, 0.2) is 0 Å². The Hall–Kier alpha value is -2.27. The fraction of sp³-hybridized carbons (Fsp3) is 0.154. The number of nitrogens with two attached hydrogens (primary N) is 1. The van der Waals surface area contributed by atoms with Crippen molar-refractivity contribution >= 4 is 16.9 Å². The second-order valence-corrected chi connectivity index (χ2v) is 3.66. The number of nitrogens with one attached hydrogen (secondary N) is 1. The quantitative estimate of drug-likeness (QED) is 0.780. The summed E-state index contributed by atoms with van der Waals surface area (Å²) in [6.45, 7) is 0.899. The van der Waals surface area contributed by atoms with Gasteiger partial charge in [0.25, 0.3) is 5.91 Å². The van der Waals surface area contributed by atoms with E-state index < -0.39 is 0 Å². The third-order valence-corrected chi connectivity index (χ3v) is 2.36. The van der Waals surface area contributed by atoms with Crippen molar-refractivity contribution < 1.29 is 4.79 Å². The monoisotopic (exact) mass is 242 g/mol. The topological polar surface area (TPSA) is 80.9 Å². The Morgan fingerprint density at radius 3 is 2.83 bits per heavy atom. The van der Waals surface area contributed by atoms with Gasteiger partial charge in [-0.1, -0.05) is 24.3 Å². The second kappa shape index (κ2) is 5.88. The maximum atomic E-state index is 11.8. The van der Waals surface area contributed by atoms with Gasteiger partial charge in [0, 0.05) is 13.1 Å². The summed E-state index contributed by atoms with van der Waals surface area (Å²) in [5.74, 6) is -0.241. The van der Waals surface area contributed by atoms with Crippen LogP contribution in [0.5, 0.6) is 0 Å². The van der Waals surface area contributed by atoms with Crippen molar-refractivity contribution in [1.82, 2.24) is 15.3 Å². The van der Waals surface area contributed by atoms with Gasteiger partial charge in [0.05, 0.1) is 17.2 Å². The summed E-state index contributed by atoms with van der Waals surface area (Å²) in [5, 5.41) is 2.71. The molecule has 1 aromatic carbocycles. The van der Waals surface area contributed by atoms with Gasteiger partial charge >= 0.3 is 0 Å². The van der Waals surface area contributed by atoms with Crippen LogP contribution < -0.4 is 11.1 Å². The summed E-state index contributed by atoms with van der Waals surface area (Å²) >= 11 is 0. The molecule has 0 aliphatic rings. The van der Waals surface area contributed by atoms with Crippen LogP contribution in [-0.2, 0) is 0 Å². The van der Waals surface area contributed by atoms with Gasteiger partial charge in [0.1, 0.15) is 5.69 Å². The van der Waals surface area contributed by atoms with Crippen molar-refractivity contribution in [2.75, 3.05) is 13.1 Å². The van der Waals surface area contributed by atoms with Crippen LogP contribution in [0.1, 0.15) is 10.5 Å². The Morgan fingerprint density at radius 1 is 1.28 bits per heavy atom. The van der Waals surface area contributed by atoms with Gasteiger partial charge in [-0.15, -0.1) is 0 Å². The van der Waals surface area contributed by atoms with Crippen LogP contribution in [-0.4, -0.2) is 29.0 Å². The van der Waals surface area contributed by atoms with Crippen molar-refractivity contribution in [2.24, 2.45) is 5.73 Å². The first-order chi connectivity index (χ1) is 8.81. The van der Waals surface area contributed by atoms with Gasteiger partial charge < -0.3 is 11.1 Å². The predicted molar refractivity (Wildman–Crippen MR) is 70.1 cm³/mol. The number of rotatable bonds is 4. The van der Waals surface area contributed by atoms with E-state index in [1.54, 1.807) is 12.2 Å². The standard InChI is InChI=1S/C13H14N4O/c14-7-3-4-8-15-13(18)12-9-16-10-5-1-2-6-11(10)17-12/h1-6,9H,7-8,14H2,(H,15,18)/b4-3+. The summed E-state index contributed by atoms with van der Waals surface area (Å²) < 4.78 is 0. The highest BCUT2D eigenvalue weighted by atomic mass is 16.1. The lowest BCUT2D eigenvalue weighted by atomic mass is 10.3. The molecule has 1 amide bonds. The fourth-order valence-electron chi connectivity index (χ4n) is 1.49. The Balaban J connectivity index is 2.10. The second-order valence-electron chi connectivity index (χ2n) is 3.66. The van der Waals surface area contributed by atoms with E-state index in [0.717, 1.165) is 5.52 Å². The molecule has 1 heterocycles. The van der Waals surface area contributed by atoms with E-state index in [0.29, 0.717) is 24.3 Å². The van der Waals surface area contributed by atoms with Crippen LogP contribution in [0.15, 0.2) is 42.6 Å². The normalized spacial score (nSPS) is 10.9. The predicted octanol–water partition coefficient (Wildman–Crippen LogP) is 0.874. The molecule has 3 N–H and O–H groups in total. The number of hydrogen-bond donors (Lipinski definition) is 2. The van der Waals surface area contributed by atoms with Crippen molar-refractivity contribution in [1.29, 1.82) is 0 Å². The number of para-hydroxylation sites is 2. The molecule has 92 valence electrons. The molecule has 0 aliphatic carbocycles. The molecule has 0 saturated heterocycles. The molecule has 0 radical (unpaired) electrons. The van der Waals surface area contributed by atoms with E-state index in [2.05, 4.69) is 15.3 Å². The Kier molecular flexibility index (Phi) is 3.98. The van der Waals surface area contributed by atoms with E-state index in [-0.39, 0.29) is 5.91 Å². The minimum Gasteiger partial charge on any atom is -0.347 e. The zero-order valence-electron chi connectivity index (χ0n) is 9.84. The molecule has 2 rings (SSSR count). The number of aromatic nitrogens is 2. The maximum Gasteiger partial charge on any atom is 0.271 e. The SMILES string of the molecule is NC/C=C/CNC(=O)c1cnc2ccccc2n1. The van der Waals surface area contributed by atoms with Gasteiger partial charge in [-0.05, 0) is 12.1 Å². The molecule has 2 aromatic rings. The zero-order chi connectivity index (χ0) is 12.8. The summed E-state index contributed by atoms with van der Waals surface area (Å²) in [7, 11) is 0. The highest BCUT2D eigenvalue weighted by molar-refractivity contribution is 5.93. The van der Waals surface area contributed by atoms with Gasteiger partial charge in [-0.25, -0.2) is 4.98 Å². The first-order valence-corrected chi connectivity index (χ1v) is 5.66. The number of carbonyl (C=O) groups is 1. The zero-order valence-corrected chi connectivity index (χ0v) is 9.84. The van der Waals surface area contributed by atoms with Crippen molar-refractivity contribution in [3.63, 3.8) is 0 Å². The van der Waals surface area contributed by atoms with Crippen LogP contribution in [0.2, 0.25) is 0 Å². The van der Waals surface area contributed by atoms with E-state index in [1.165, 1.54) is 6.20 Å². The Morgan fingerprint density at radius 2 is 2.06 bits per heavy atom. The number of nitrogens with zero attached hydrogens (tertiary/aromatic N) is 2. The number of fused-ring (bicyclic) bond motifs is 1. The van der Waals surface area contributed by atoms with Gasteiger partial charge in [-0.3, -0.25) is 9.78 Å². The molecule has 1 aromatic heterocycles. The lowest BCUT2D eigenvalue weighted by molar-refractivity contribution is 0.0953. The third-order valence-electron chi connectivity index (χ3n) is 2.36. The van der Waals surface area contributed by atoms with Crippen LogP contribution in [0.4, 0.5) is 0 Å². The minimum atomic E-state index is -0.241. The fourth-order valence-corrected chi connectivity index (χ4v) is 1.49. The molecule has 0 bridgehead atoms. The van der Waals surface area contributed by atoms with Crippen LogP contribution in [0.3, 0.4) is 0 Å². The Bertz CT molecular complexity index is 580. The highest BCUT2D eigenvalue weighted by Gasteiger charge is 2.07. The number of carbonyl (C=O) groups excluding carboxylic acids is 1. The molecule has 0 spiro atoms. The maximum absolute atomic E-state index is 11.8. The Labute approximate surface area is 105 Å². The smallest absolute Gasteiger partial charge is 0.271 e. The van der Waals surface area contributed by atoms with Gasteiger partial charge in [-0.2, -0.15) is 0 Å². The summed E-state index contributed by atoms with van der Waals surface area (Å²) in [6, 6.07) is 7.43. The first-order valence-electron chi connectivity index (χ1n) is 5.66. The molecule has 0 atom stereocenters. The minimum absolute atomic E-state index is 0.241. The lowest BCUT2D eigenvalue weighted by Gasteiger charge is -2.02. The molecule has 0 unspecified atom stereocenters. The molecule has 18 heavy (non-hydrogen) atoms. The largest absolute Gasteiger partial charge is 0.347 e. The molecule has 0 aliphatic heterocycles. The molecular formula is C13H14N4O. The summed E-state index contributed by atoms with van der Waals surface area (Å²) in [5.41, 5.74) is 7.10. The van der Waals surface area contributed by atoms with Crippen molar-refractivity contribution in [3.05, 3.63) is 48.3 Å². The van der Waals surface area contributed by atoms with Crippen LogP contribution in [0.25, 0.3) is 11.0 Å². The van der Waals surface area contributed by atoms with Crippen LogP contribution in [0, 0.1) is 0 Å². The number of hydrogen-bond acceptors (Lipinski definition) is 4. The van der Waals surface area contributed by atoms with Crippen molar-refractivity contribution in [3.8, 4) is 0 Å². The summed E-state index contributed by atoms with van der Waals surface area (Å²) in [6.07, 6.45) is 5.06. The highest BCUT2D eigenvalue weighted by Crippen LogP contribution is 2.08. The van der Waals surface area contributed by atoms with Gasteiger partial charge in [0.2, 0.25) is 0 Å². The summed E-state index contributed by atoms with van der Waals surface area (Å²) in [4.78, 5) is 20.2. The van der Waals surface area contributed by atoms with E-state index >= 15 is 0 Å². The lowest BCUT2D eigenvalue weighted by Crippen LogP contribution is -2.24. The average molecular weight is 242 g/mol. The number of benzene rings is 1. The van der Waals surface area contributed by atoms with E-state index in [1.807, 2.05) is 24.3 Å². The van der Waals surface area contributed by atoms with Crippen molar-refractivity contribution in [2.45, 2.75) is 0 Å². The van der Waals surface area contributed by atoms with Crippen LogP contribution >= 0.6 is 0 Å².